The molecule has 6 heteroatoms. The first-order valence-electron chi connectivity index (χ1n) is 10.3. The van der Waals surface area contributed by atoms with Crippen LogP contribution in [0.2, 0.25) is 0 Å². The molecule has 1 aliphatic heterocycles. The van der Waals surface area contributed by atoms with E-state index in [-0.39, 0.29) is 5.82 Å². The van der Waals surface area contributed by atoms with Crippen molar-refractivity contribution >= 4 is 5.95 Å². The molecule has 5 rings (SSSR count). The molecule has 0 spiro atoms. The van der Waals surface area contributed by atoms with E-state index in [4.69, 9.17) is 0 Å². The van der Waals surface area contributed by atoms with Crippen LogP contribution in [-0.4, -0.2) is 52.3 Å². The van der Waals surface area contributed by atoms with Crippen molar-refractivity contribution in [3.05, 3.63) is 71.7 Å². The number of benzene rings is 2. The van der Waals surface area contributed by atoms with Crippen molar-refractivity contribution in [1.29, 1.82) is 0 Å². The molecular formula is C23H24FN5. The topological polar surface area (TPSA) is 45.2 Å². The van der Waals surface area contributed by atoms with E-state index in [0.29, 0.717) is 17.7 Å². The Morgan fingerprint density at radius 2 is 1.76 bits per heavy atom. The zero-order valence-electron chi connectivity index (χ0n) is 16.3. The van der Waals surface area contributed by atoms with Gasteiger partial charge in [0.2, 0.25) is 5.95 Å². The summed E-state index contributed by atoms with van der Waals surface area (Å²) in [5, 5.41) is 8.34. The Kier molecular flexibility index (Phi) is 4.94. The molecule has 2 aromatic carbocycles. The summed E-state index contributed by atoms with van der Waals surface area (Å²) in [5.41, 5.74) is 4.39. The van der Waals surface area contributed by atoms with Crippen molar-refractivity contribution in [3.63, 3.8) is 0 Å². The number of hydrogen-bond acceptors (Lipinski definition) is 5. The summed E-state index contributed by atoms with van der Waals surface area (Å²) in [6, 6.07) is 15.9. The average molecular weight is 389 g/mol. The molecule has 1 unspecified atom stereocenters. The minimum absolute atomic E-state index is 0.273. The fraction of sp³-hybridized carbons (Fsp3) is 0.348. The molecule has 0 saturated carbocycles. The third-order valence-corrected chi connectivity index (χ3v) is 6.10. The van der Waals surface area contributed by atoms with Gasteiger partial charge in [0.05, 0.1) is 11.9 Å². The maximum absolute atomic E-state index is 13.5. The molecule has 1 aliphatic carbocycles. The molecule has 148 valence electrons. The standard InChI is InChI=1S/C23H24FN5/c24-20-7-3-6-19(14-20)22-16-25-27-23(26-22)29-12-10-28(11-13-29)21-9-8-17-4-1-2-5-18(17)15-21/h1-7,14,16,21H,8-13,15H2. The molecule has 2 aliphatic rings. The number of piperazine rings is 1. The summed E-state index contributed by atoms with van der Waals surface area (Å²) in [7, 11) is 0. The van der Waals surface area contributed by atoms with Gasteiger partial charge >= 0.3 is 0 Å². The van der Waals surface area contributed by atoms with E-state index in [1.54, 1.807) is 12.3 Å². The second kappa shape index (κ2) is 7.87. The summed E-state index contributed by atoms with van der Waals surface area (Å²) in [5.74, 6) is 0.353. The number of aromatic nitrogens is 3. The Bertz CT molecular complexity index is 1000. The molecule has 0 N–H and O–H groups in total. The highest BCUT2D eigenvalue weighted by Gasteiger charge is 2.28. The first kappa shape index (κ1) is 18.2. The molecule has 5 nitrogen and oxygen atoms in total. The predicted octanol–water partition coefficient (Wildman–Crippen LogP) is 3.36. The van der Waals surface area contributed by atoms with Gasteiger partial charge in [-0.3, -0.25) is 4.90 Å². The van der Waals surface area contributed by atoms with Crippen LogP contribution in [0.4, 0.5) is 10.3 Å². The Balaban J connectivity index is 1.25. The number of rotatable bonds is 3. The van der Waals surface area contributed by atoms with Gasteiger partial charge in [0.15, 0.2) is 0 Å². The Morgan fingerprint density at radius 1 is 0.931 bits per heavy atom. The minimum Gasteiger partial charge on any atom is -0.337 e. The smallest absolute Gasteiger partial charge is 0.245 e. The van der Waals surface area contributed by atoms with Crippen LogP contribution in [0, 0.1) is 5.82 Å². The highest BCUT2D eigenvalue weighted by Crippen LogP contribution is 2.26. The van der Waals surface area contributed by atoms with Gasteiger partial charge in [0.25, 0.3) is 0 Å². The van der Waals surface area contributed by atoms with Gasteiger partial charge in [-0.2, -0.15) is 5.10 Å². The molecular weight excluding hydrogens is 365 g/mol. The van der Waals surface area contributed by atoms with Crippen molar-refractivity contribution < 1.29 is 4.39 Å². The third-order valence-electron chi connectivity index (χ3n) is 6.10. The predicted molar refractivity (Wildman–Crippen MR) is 111 cm³/mol. The maximum Gasteiger partial charge on any atom is 0.245 e. The van der Waals surface area contributed by atoms with E-state index < -0.39 is 0 Å². The maximum atomic E-state index is 13.5. The van der Waals surface area contributed by atoms with Crippen LogP contribution < -0.4 is 4.90 Å². The molecule has 0 radical (unpaired) electrons. The first-order chi connectivity index (χ1) is 14.3. The number of fused-ring (bicyclic) bond motifs is 1. The summed E-state index contributed by atoms with van der Waals surface area (Å²) in [6.07, 6.45) is 5.13. The molecule has 0 amide bonds. The fourth-order valence-corrected chi connectivity index (χ4v) is 4.49. The molecule has 2 heterocycles. The molecule has 0 bridgehead atoms. The number of anilines is 1. The van der Waals surface area contributed by atoms with Gasteiger partial charge in [-0.25, -0.2) is 9.37 Å². The highest BCUT2D eigenvalue weighted by molar-refractivity contribution is 5.59. The molecule has 1 atom stereocenters. The average Bonchev–Trinajstić information content (AvgIpc) is 2.79. The number of aryl methyl sites for hydroxylation is 1. The second-order valence-corrected chi connectivity index (χ2v) is 7.84. The van der Waals surface area contributed by atoms with Gasteiger partial charge in [-0.1, -0.05) is 36.4 Å². The van der Waals surface area contributed by atoms with Crippen molar-refractivity contribution in [2.75, 3.05) is 31.1 Å². The van der Waals surface area contributed by atoms with Crippen molar-refractivity contribution in [1.82, 2.24) is 20.1 Å². The van der Waals surface area contributed by atoms with Gasteiger partial charge in [-0.05, 0) is 42.5 Å². The van der Waals surface area contributed by atoms with Crippen LogP contribution >= 0.6 is 0 Å². The van der Waals surface area contributed by atoms with Gasteiger partial charge in [0, 0.05) is 37.8 Å². The van der Waals surface area contributed by atoms with Crippen LogP contribution in [0.15, 0.2) is 54.7 Å². The number of halogens is 1. The van der Waals surface area contributed by atoms with E-state index in [2.05, 4.69) is 49.2 Å². The normalized spacial score (nSPS) is 19.8. The van der Waals surface area contributed by atoms with Crippen LogP contribution in [0.3, 0.4) is 0 Å². The molecule has 29 heavy (non-hydrogen) atoms. The Labute approximate surface area is 170 Å². The van der Waals surface area contributed by atoms with Crippen LogP contribution in [-0.2, 0) is 12.8 Å². The lowest BCUT2D eigenvalue weighted by Gasteiger charge is -2.41. The largest absolute Gasteiger partial charge is 0.337 e. The van der Waals surface area contributed by atoms with Crippen LogP contribution in [0.1, 0.15) is 17.5 Å². The van der Waals surface area contributed by atoms with Crippen molar-refractivity contribution in [2.45, 2.75) is 25.3 Å². The fourth-order valence-electron chi connectivity index (χ4n) is 4.49. The molecule has 1 aromatic heterocycles. The first-order valence-corrected chi connectivity index (χ1v) is 10.3. The van der Waals surface area contributed by atoms with E-state index in [1.807, 2.05) is 6.07 Å². The molecule has 1 fully saturated rings. The summed E-state index contributed by atoms with van der Waals surface area (Å²) >= 11 is 0. The summed E-state index contributed by atoms with van der Waals surface area (Å²) in [4.78, 5) is 9.43. The van der Waals surface area contributed by atoms with Gasteiger partial charge in [0.1, 0.15) is 5.82 Å². The highest BCUT2D eigenvalue weighted by atomic mass is 19.1. The van der Waals surface area contributed by atoms with Crippen LogP contribution in [0.25, 0.3) is 11.3 Å². The van der Waals surface area contributed by atoms with Crippen molar-refractivity contribution in [3.8, 4) is 11.3 Å². The van der Waals surface area contributed by atoms with Crippen LogP contribution in [0.5, 0.6) is 0 Å². The lowest BCUT2D eigenvalue weighted by atomic mass is 9.87. The SMILES string of the molecule is Fc1cccc(-c2cnnc(N3CCN(C4CCc5ccccc5C4)CC3)n2)c1. The van der Waals surface area contributed by atoms with Gasteiger partial charge in [-0.15, -0.1) is 5.10 Å². The quantitative estimate of drug-likeness (QED) is 0.687. The number of nitrogens with zero attached hydrogens (tertiary/aromatic N) is 5. The lowest BCUT2D eigenvalue weighted by Crippen LogP contribution is -2.52. The van der Waals surface area contributed by atoms with E-state index in [9.17, 15) is 4.39 Å². The monoisotopic (exact) mass is 389 g/mol. The van der Waals surface area contributed by atoms with Gasteiger partial charge < -0.3 is 4.90 Å². The van der Waals surface area contributed by atoms with E-state index >= 15 is 0 Å². The van der Waals surface area contributed by atoms with E-state index in [0.717, 1.165) is 38.2 Å². The zero-order valence-corrected chi connectivity index (χ0v) is 16.3. The van der Waals surface area contributed by atoms with Crippen molar-refractivity contribution in [2.24, 2.45) is 0 Å². The molecule has 1 saturated heterocycles. The number of hydrogen-bond donors (Lipinski definition) is 0. The Hall–Kier alpha value is -2.86. The van der Waals surface area contributed by atoms with E-state index in [1.165, 1.54) is 36.1 Å². The Morgan fingerprint density at radius 3 is 2.59 bits per heavy atom. The zero-order chi connectivity index (χ0) is 19.6. The summed E-state index contributed by atoms with van der Waals surface area (Å²) in [6.45, 7) is 3.76. The molecule has 3 aromatic rings. The second-order valence-electron chi connectivity index (χ2n) is 7.84. The minimum atomic E-state index is -0.273. The lowest BCUT2D eigenvalue weighted by molar-refractivity contribution is 0.169. The third kappa shape index (κ3) is 3.85. The summed E-state index contributed by atoms with van der Waals surface area (Å²) < 4.78 is 13.5.